The van der Waals surface area contributed by atoms with Crippen molar-refractivity contribution in [2.24, 2.45) is 0 Å². The first kappa shape index (κ1) is 24.8. The molecule has 1 aliphatic heterocycles. The minimum atomic E-state index is -0.762. The van der Waals surface area contributed by atoms with Crippen molar-refractivity contribution < 1.29 is 13.9 Å². The van der Waals surface area contributed by atoms with E-state index < -0.39 is 6.17 Å². The number of amides is 1. The van der Waals surface area contributed by atoms with Crippen molar-refractivity contribution in [1.29, 1.82) is 0 Å². The number of pyridine rings is 2. The van der Waals surface area contributed by atoms with E-state index in [4.69, 9.17) is 16.3 Å². The molecule has 10 heteroatoms. The molecule has 8 nitrogen and oxygen atoms in total. The number of carbonyl (C=O) groups is 1. The van der Waals surface area contributed by atoms with Gasteiger partial charge in [0.25, 0.3) is 11.5 Å². The Kier molecular flexibility index (Phi) is 7.45. The molecule has 0 unspecified atom stereocenters. The second-order valence-corrected chi connectivity index (χ2v) is 9.23. The van der Waals surface area contributed by atoms with Crippen LogP contribution in [0.5, 0.6) is 5.75 Å². The van der Waals surface area contributed by atoms with Gasteiger partial charge in [0.15, 0.2) is 12.4 Å². The van der Waals surface area contributed by atoms with Gasteiger partial charge in [0.2, 0.25) is 0 Å². The maximum Gasteiger partial charge on any atom is 0.293 e. The topological polar surface area (TPSA) is 88.5 Å². The number of anilines is 3. The lowest BCUT2D eigenvalue weighted by Gasteiger charge is -2.30. The second kappa shape index (κ2) is 10.5. The first-order valence-electron chi connectivity index (χ1n) is 11.6. The van der Waals surface area contributed by atoms with Gasteiger partial charge in [-0.05, 0) is 51.0 Å². The summed E-state index contributed by atoms with van der Waals surface area (Å²) in [6, 6.07) is 9.02. The highest BCUT2D eigenvalue weighted by molar-refractivity contribution is 6.33. The Bertz CT molecular complexity index is 1290. The van der Waals surface area contributed by atoms with E-state index in [0.717, 1.165) is 22.4 Å². The van der Waals surface area contributed by atoms with Gasteiger partial charge in [-0.2, -0.15) is 0 Å². The molecule has 0 aliphatic carbocycles. The largest absolute Gasteiger partial charge is 0.478 e. The molecule has 1 aromatic carbocycles. The first-order chi connectivity index (χ1) is 16.8. The van der Waals surface area contributed by atoms with Gasteiger partial charge in [0.1, 0.15) is 12.0 Å². The lowest BCUT2D eigenvalue weighted by atomic mass is 10.1. The molecule has 0 bridgehead atoms. The van der Waals surface area contributed by atoms with Gasteiger partial charge >= 0.3 is 0 Å². The zero-order chi connectivity index (χ0) is 25.1. The third-order valence-electron chi connectivity index (χ3n) is 6.03. The van der Waals surface area contributed by atoms with Crippen LogP contribution in [-0.2, 0) is 4.79 Å². The molecular weight excluding hydrogens is 473 g/mol. The number of nitrogens with zero attached hydrogens (tertiary/aromatic N) is 3. The fourth-order valence-corrected chi connectivity index (χ4v) is 4.31. The lowest BCUT2D eigenvalue weighted by Crippen LogP contribution is -2.34. The van der Waals surface area contributed by atoms with Crippen LogP contribution in [0.1, 0.15) is 32.7 Å². The molecule has 4 rings (SSSR count). The summed E-state index contributed by atoms with van der Waals surface area (Å²) in [5, 5.41) is 7.03. The summed E-state index contributed by atoms with van der Waals surface area (Å²) in [6.45, 7) is 4.80. The van der Waals surface area contributed by atoms with Crippen LogP contribution in [0, 0.1) is 0 Å². The van der Waals surface area contributed by atoms with E-state index in [1.807, 2.05) is 38.1 Å². The number of aromatic nitrogens is 2. The lowest BCUT2D eigenvalue weighted by molar-refractivity contribution is -0.122. The van der Waals surface area contributed by atoms with Crippen LogP contribution in [0.25, 0.3) is 10.9 Å². The third-order valence-corrected chi connectivity index (χ3v) is 6.33. The number of likely N-dealkylation sites (N-methyl/N-ethyl adjacent to an activating group) is 1. The number of alkyl halides is 1. The summed E-state index contributed by atoms with van der Waals surface area (Å²) in [5.74, 6) is 0.519. The number of fused-ring (bicyclic) bond motifs is 1. The quantitative estimate of drug-likeness (QED) is 0.497. The number of rotatable bonds is 7. The summed E-state index contributed by atoms with van der Waals surface area (Å²) in [4.78, 5) is 31.1. The fourth-order valence-electron chi connectivity index (χ4n) is 4.16. The Morgan fingerprint density at radius 1 is 1.26 bits per heavy atom. The number of hydrogen-bond donors (Lipinski definition) is 2. The number of nitrogens with one attached hydrogen (secondary N) is 2. The van der Waals surface area contributed by atoms with Gasteiger partial charge in [-0.25, -0.2) is 9.37 Å². The van der Waals surface area contributed by atoms with E-state index >= 15 is 0 Å². The van der Waals surface area contributed by atoms with Crippen LogP contribution < -0.4 is 25.8 Å². The molecule has 186 valence electrons. The fraction of sp³-hybridized carbons (Fsp3) is 0.400. The predicted molar refractivity (Wildman–Crippen MR) is 137 cm³/mol. The number of carbonyl (C=O) groups excluding carboxylic acids is 1. The summed E-state index contributed by atoms with van der Waals surface area (Å²) in [6.07, 6.45) is 1.80. The highest BCUT2D eigenvalue weighted by Gasteiger charge is 2.20. The SMILES string of the molecule is CNC(=O)COc1cc2cc(Nc3cc(N4CCC(F)CC4)ncc3Cl)ccc2n(C(C)C)c1=O. The van der Waals surface area contributed by atoms with Crippen LogP contribution in [-0.4, -0.2) is 48.4 Å². The van der Waals surface area contributed by atoms with Crippen molar-refractivity contribution in [2.45, 2.75) is 38.9 Å². The molecule has 1 amide bonds. The second-order valence-electron chi connectivity index (χ2n) is 8.82. The third kappa shape index (κ3) is 5.51. The summed E-state index contributed by atoms with van der Waals surface area (Å²) >= 11 is 6.42. The molecule has 0 radical (unpaired) electrons. The van der Waals surface area contributed by atoms with Crippen molar-refractivity contribution in [3.63, 3.8) is 0 Å². The van der Waals surface area contributed by atoms with Crippen molar-refractivity contribution in [3.8, 4) is 5.75 Å². The van der Waals surface area contributed by atoms with Crippen LogP contribution in [0.15, 0.2) is 41.3 Å². The zero-order valence-corrected chi connectivity index (χ0v) is 20.7. The smallest absolute Gasteiger partial charge is 0.293 e. The van der Waals surface area contributed by atoms with Gasteiger partial charge in [0, 0.05) is 43.3 Å². The Hall–Kier alpha value is -3.33. The molecule has 2 N–H and O–H groups in total. The number of piperidine rings is 1. The summed E-state index contributed by atoms with van der Waals surface area (Å²) in [7, 11) is 1.51. The Labute approximate surface area is 208 Å². The molecule has 35 heavy (non-hydrogen) atoms. The van der Waals surface area contributed by atoms with E-state index in [1.54, 1.807) is 16.8 Å². The molecule has 0 saturated carbocycles. The van der Waals surface area contributed by atoms with E-state index in [0.29, 0.717) is 36.6 Å². The molecule has 1 aliphatic rings. The predicted octanol–water partition coefficient (Wildman–Crippen LogP) is 4.44. The van der Waals surface area contributed by atoms with E-state index in [1.165, 1.54) is 7.05 Å². The number of halogens is 2. The molecular formula is C25H29ClFN5O3. The van der Waals surface area contributed by atoms with Crippen molar-refractivity contribution >= 4 is 45.6 Å². The van der Waals surface area contributed by atoms with Crippen LogP contribution in [0.3, 0.4) is 0 Å². The van der Waals surface area contributed by atoms with Gasteiger partial charge in [-0.15, -0.1) is 0 Å². The Morgan fingerprint density at radius 2 is 2.00 bits per heavy atom. The van der Waals surface area contributed by atoms with Crippen LogP contribution in [0.2, 0.25) is 5.02 Å². The average Bonchev–Trinajstić information content (AvgIpc) is 2.84. The summed E-state index contributed by atoms with van der Waals surface area (Å²) < 4.78 is 20.7. The molecule has 1 fully saturated rings. The first-order valence-corrected chi connectivity index (χ1v) is 12.0. The molecule has 3 heterocycles. The monoisotopic (exact) mass is 501 g/mol. The number of benzene rings is 1. The van der Waals surface area contributed by atoms with Crippen molar-refractivity contribution in [2.75, 3.05) is 37.0 Å². The molecule has 3 aromatic rings. The van der Waals surface area contributed by atoms with Crippen molar-refractivity contribution in [1.82, 2.24) is 14.9 Å². The van der Waals surface area contributed by atoms with E-state index in [2.05, 4.69) is 20.5 Å². The summed E-state index contributed by atoms with van der Waals surface area (Å²) in [5.41, 5.74) is 1.88. The van der Waals surface area contributed by atoms with Gasteiger partial charge < -0.3 is 24.8 Å². The maximum atomic E-state index is 13.5. The maximum absolute atomic E-state index is 13.5. The highest BCUT2D eigenvalue weighted by atomic mass is 35.5. The molecule has 0 spiro atoms. The minimum Gasteiger partial charge on any atom is -0.478 e. The number of ether oxygens (including phenoxy) is 1. The van der Waals surface area contributed by atoms with E-state index in [-0.39, 0.29) is 29.9 Å². The standard InChI is InChI=1S/C25H29ClFN5O3/c1-15(2)32-21-5-4-18(10-16(21)11-22(25(32)34)35-14-24(33)28-3)30-20-12-23(29-13-19(20)26)31-8-6-17(27)7-9-31/h4-5,10-13,15,17H,6-9,14H2,1-3H3,(H,28,33)(H,29,30). The minimum absolute atomic E-state index is 0.104. The highest BCUT2D eigenvalue weighted by Crippen LogP contribution is 2.31. The average molecular weight is 502 g/mol. The van der Waals surface area contributed by atoms with Gasteiger partial charge in [0.05, 0.1) is 22.4 Å². The normalized spacial score (nSPS) is 14.4. The molecule has 2 aromatic heterocycles. The van der Waals surface area contributed by atoms with E-state index in [9.17, 15) is 14.0 Å². The Balaban J connectivity index is 1.66. The Morgan fingerprint density at radius 3 is 2.69 bits per heavy atom. The number of hydrogen-bond acceptors (Lipinski definition) is 6. The van der Waals surface area contributed by atoms with Gasteiger partial charge in [-0.1, -0.05) is 11.6 Å². The van der Waals surface area contributed by atoms with Crippen LogP contribution >= 0.6 is 11.6 Å². The van der Waals surface area contributed by atoms with Crippen LogP contribution in [0.4, 0.5) is 21.6 Å². The van der Waals surface area contributed by atoms with Gasteiger partial charge in [-0.3, -0.25) is 9.59 Å². The van der Waals surface area contributed by atoms with Crippen molar-refractivity contribution in [3.05, 3.63) is 51.9 Å². The molecule has 0 atom stereocenters. The molecule has 1 saturated heterocycles. The zero-order valence-electron chi connectivity index (χ0n) is 20.0.